The van der Waals surface area contributed by atoms with E-state index in [0.717, 1.165) is 4.88 Å². The maximum absolute atomic E-state index is 12.2. The largest absolute Gasteiger partial charge is 0.388 e. The molecule has 0 saturated carbocycles. The number of ether oxygens (including phenoxy) is 1. The lowest BCUT2D eigenvalue weighted by Crippen LogP contribution is -2.56. The van der Waals surface area contributed by atoms with Crippen LogP contribution in [0.4, 0.5) is 0 Å². The first kappa shape index (κ1) is 16.9. The lowest BCUT2D eigenvalue weighted by Gasteiger charge is -2.39. The fraction of sp³-hybridized carbons (Fsp3) is 0.692. The Kier molecular flexibility index (Phi) is 5.07. The lowest BCUT2D eigenvalue weighted by atomic mass is 9.94. The van der Waals surface area contributed by atoms with Crippen LogP contribution in [-0.4, -0.2) is 60.0 Å². The molecule has 120 valence electrons. The molecule has 1 saturated heterocycles. The molecule has 2 unspecified atom stereocenters. The van der Waals surface area contributed by atoms with E-state index < -0.39 is 40.4 Å². The molecule has 8 heteroatoms. The van der Waals surface area contributed by atoms with Crippen LogP contribution >= 0.6 is 11.3 Å². The van der Waals surface area contributed by atoms with Crippen molar-refractivity contribution in [3.63, 3.8) is 0 Å². The number of aliphatic hydroxyl groups excluding tert-OH is 3. The summed E-state index contributed by atoms with van der Waals surface area (Å²) in [6.45, 7) is 3.40. The third kappa shape index (κ3) is 3.64. The van der Waals surface area contributed by atoms with Gasteiger partial charge in [-0.2, -0.15) is 0 Å². The summed E-state index contributed by atoms with van der Waals surface area (Å²) in [7, 11) is -3.43. The van der Waals surface area contributed by atoms with Crippen molar-refractivity contribution in [2.24, 2.45) is 0 Å². The zero-order chi connectivity index (χ0) is 15.8. The third-order valence-electron chi connectivity index (χ3n) is 3.64. The van der Waals surface area contributed by atoms with Crippen molar-refractivity contribution in [1.82, 2.24) is 0 Å². The Labute approximate surface area is 127 Å². The molecule has 0 aliphatic carbocycles. The van der Waals surface area contributed by atoms with Crippen LogP contribution in [0.3, 0.4) is 0 Å². The Morgan fingerprint density at radius 1 is 1.19 bits per heavy atom. The second kappa shape index (κ2) is 6.31. The van der Waals surface area contributed by atoms with Crippen molar-refractivity contribution in [3.8, 4) is 0 Å². The van der Waals surface area contributed by atoms with Gasteiger partial charge in [0.25, 0.3) is 0 Å². The molecule has 0 radical (unpaired) electrons. The van der Waals surface area contributed by atoms with Gasteiger partial charge in [0.15, 0.2) is 9.84 Å². The van der Waals surface area contributed by atoms with Crippen LogP contribution in [0.2, 0.25) is 0 Å². The highest BCUT2D eigenvalue weighted by Crippen LogP contribution is 2.26. The van der Waals surface area contributed by atoms with Crippen molar-refractivity contribution >= 4 is 21.2 Å². The van der Waals surface area contributed by atoms with Gasteiger partial charge < -0.3 is 20.1 Å². The second-order valence-electron chi connectivity index (χ2n) is 5.32. The fourth-order valence-corrected chi connectivity index (χ4v) is 5.09. The van der Waals surface area contributed by atoms with E-state index in [2.05, 4.69) is 0 Å². The smallest absolute Gasteiger partial charge is 0.187 e. The number of thiophene rings is 1. The second-order valence-corrected chi connectivity index (χ2v) is 8.95. The van der Waals surface area contributed by atoms with Crippen molar-refractivity contribution in [1.29, 1.82) is 0 Å². The number of hydrogen-bond donors (Lipinski definition) is 3. The minimum absolute atomic E-state index is 0.0641. The highest BCUT2D eigenvalue weighted by Gasteiger charge is 2.41. The zero-order valence-corrected chi connectivity index (χ0v) is 13.5. The maximum atomic E-state index is 12.2. The molecule has 1 aromatic heterocycles. The van der Waals surface area contributed by atoms with Crippen molar-refractivity contribution < 1.29 is 28.5 Å². The topological polar surface area (TPSA) is 104 Å². The minimum Gasteiger partial charge on any atom is -0.388 e. The van der Waals surface area contributed by atoms with E-state index in [9.17, 15) is 23.7 Å². The number of aliphatic hydroxyl groups is 3. The molecule has 0 aromatic carbocycles. The molecule has 21 heavy (non-hydrogen) atoms. The molecule has 0 amide bonds. The van der Waals surface area contributed by atoms with Gasteiger partial charge in [0.05, 0.1) is 18.0 Å². The summed E-state index contributed by atoms with van der Waals surface area (Å²) < 4.78 is 30.1. The Bertz CT molecular complexity index is 581. The molecule has 0 bridgehead atoms. The van der Waals surface area contributed by atoms with E-state index in [-0.39, 0.29) is 12.2 Å². The summed E-state index contributed by atoms with van der Waals surface area (Å²) in [5, 5.41) is 29.2. The standard InChI is InChI=1S/C13H20O6S2/c1-7-3-4-10(20-7)21(17,18)6-5-9-12(15)13(16)11(14)8(2)19-9/h3-4,8-9,11-16H,5-6H2,1-2H3/t8?,9-,11-,12?,13+/m1/s1. The first-order valence-corrected chi connectivity index (χ1v) is 9.18. The van der Waals surface area contributed by atoms with Crippen molar-refractivity contribution in [3.05, 3.63) is 17.0 Å². The van der Waals surface area contributed by atoms with Crippen LogP contribution in [0, 0.1) is 6.92 Å². The summed E-state index contributed by atoms with van der Waals surface area (Å²) in [5.41, 5.74) is 0. The van der Waals surface area contributed by atoms with Gasteiger partial charge in [0.1, 0.15) is 22.5 Å². The third-order valence-corrected chi connectivity index (χ3v) is 6.97. The lowest BCUT2D eigenvalue weighted by molar-refractivity contribution is -0.217. The molecular formula is C13H20O6S2. The average Bonchev–Trinajstić information content (AvgIpc) is 2.86. The van der Waals surface area contributed by atoms with E-state index in [0.29, 0.717) is 4.21 Å². The number of hydrogen-bond acceptors (Lipinski definition) is 7. The van der Waals surface area contributed by atoms with E-state index in [4.69, 9.17) is 4.74 Å². The van der Waals surface area contributed by atoms with Crippen molar-refractivity contribution in [2.75, 3.05) is 5.75 Å². The minimum atomic E-state index is -3.43. The molecule has 1 aliphatic heterocycles. The highest BCUT2D eigenvalue weighted by molar-refractivity contribution is 7.93. The molecule has 1 fully saturated rings. The summed E-state index contributed by atoms with van der Waals surface area (Å²) in [6, 6.07) is 3.31. The monoisotopic (exact) mass is 336 g/mol. The molecule has 3 N–H and O–H groups in total. The summed E-state index contributed by atoms with van der Waals surface area (Å²) in [4.78, 5) is 0.912. The summed E-state index contributed by atoms with van der Waals surface area (Å²) in [6.07, 6.45) is -5.20. The molecule has 5 atom stereocenters. The van der Waals surface area contributed by atoms with Crippen LogP contribution in [0.15, 0.2) is 16.3 Å². The fourth-order valence-electron chi connectivity index (χ4n) is 2.33. The molecule has 0 spiro atoms. The first-order chi connectivity index (χ1) is 9.72. The van der Waals surface area contributed by atoms with Crippen molar-refractivity contribution in [2.45, 2.75) is 55.0 Å². The van der Waals surface area contributed by atoms with Gasteiger partial charge in [-0.3, -0.25) is 0 Å². The van der Waals surface area contributed by atoms with Crippen LogP contribution in [0.5, 0.6) is 0 Å². The van der Waals surface area contributed by atoms with Crippen LogP contribution in [-0.2, 0) is 14.6 Å². The van der Waals surface area contributed by atoms with E-state index in [1.807, 2.05) is 6.92 Å². The Morgan fingerprint density at radius 3 is 2.43 bits per heavy atom. The van der Waals surface area contributed by atoms with Gasteiger partial charge in [-0.15, -0.1) is 11.3 Å². The summed E-state index contributed by atoms with van der Waals surface area (Å²) >= 11 is 1.20. The SMILES string of the molecule is Cc1ccc(S(=O)(=O)CC[C@H]2OC(C)[C@@H](O)[C@H](O)C2O)s1. The Hall–Kier alpha value is -0.510. The molecule has 2 rings (SSSR count). The Balaban J connectivity index is 2.02. The molecule has 6 nitrogen and oxygen atoms in total. The van der Waals surface area contributed by atoms with E-state index in [1.165, 1.54) is 11.3 Å². The van der Waals surface area contributed by atoms with Crippen LogP contribution in [0.1, 0.15) is 18.2 Å². The normalized spacial score (nSPS) is 34.0. The van der Waals surface area contributed by atoms with Gasteiger partial charge in [0.2, 0.25) is 0 Å². The van der Waals surface area contributed by atoms with Gasteiger partial charge in [0, 0.05) is 4.88 Å². The zero-order valence-electron chi connectivity index (χ0n) is 11.8. The number of aryl methyl sites for hydroxylation is 1. The first-order valence-electron chi connectivity index (χ1n) is 6.71. The summed E-state index contributed by atoms with van der Waals surface area (Å²) in [5.74, 6) is -0.176. The predicted octanol–water partition coefficient (Wildman–Crippen LogP) is 0.0903. The van der Waals surface area contributed by atoms with Gasteiger partial charge >= 0.3 is 0 Å². The number of sulfone groups is 1. The number of rotatable bonds is 4. The van der Waals surface area contributed by atoms with Gasteiger partial charge in [-0.25, -0.2) is 8.42 Å². The quantitative estimate of drug-likeness (QED) is 0.720. The molecule has 1 aromatic rings. The van der Waals surface area contributed by atoms with Gasteiger partial charge in [-0.1, -0.05) is 0 Å². The maximum Gasteiger partial charge on any atom is 0.187 e. The van der Waals surface area contributed by atoms with Crippen LogP contribution in [0.25, 0.3) is 0 Å². The Morgan fingerprint density at radius 2 is 1.86 bits per heavy atom. The van der Waals surface area contributed by atoms with E-state index in [1.54, 1.807) is 19.1 Å². The molecule has 1 aliphatic rings. The molecular weight excluding hydrogens is 316 g/mol. The molecule has 2 heterocycles. The highest BCUT2D eigenvalue weighted by atomic mass is 32.2. The van der Waals surface area contributed by atoms with Crippen LogP contribution < -0.4 is 0 Å². The van der Waals surface area contributed by atoms with Gasteiger partial charge in [-0.05, 0) is 32.4 Å². The predicted molar refractivity (Wildman–Crippen MR) is 78.1 cm³/mol. The average molecular weight is 336 g/mol. The van der Waals surface area contributed by atoms with E-state index >= 15 is 0 Å².